The molecule has 0 aromatic heterocycles. The molecule has 1 rings (SSSR count). The second kappa shape index (κ2) is 17.5. The smallest absolute Gasteiger partial charge is 0.408 e. The molecule has 0 aliphatic carbocycles. The molecule has 1 aromatic rings. The third-order valence-electron chi connectivity index (χ3n) is 5.54. The summed E-state index contributed by atoms with van der Waals surface area (Å²) < 4.78 is 4.97. The molecule has 0 radical (unpaired) electrons. The Morgan fingerprint density at radius 3 is 1.74 bits per heavy atom. The van der Waals surface area contributed by atoms with Crippen molar-refractivity contribution in [1.82, 2.24) is 21.3 Å². The zero-order valence-electron chi connectivity index (χ0n) is 22.7. The Kier molecular flexibility index (Phi) is 14.6. The summed E-state index contributed by atoms with van der Waals surface area (Å²) in [6.45, 7) is 0.798. The summed E-state index contributed by atoms with van der Waals surface area (Å²) >= 11 is 0. The summed E-state index contributed by atoms with van der Waals surface area (Å²) in [5.41, 5.74) is 0.580. The molecule has 0 saturated carbocycles. The average molecular weight is 613 g/mol. The molecule has 0 aliphatic rings. The van der Waals surface area contributed by atoms with Crippen molar-refractivity contribution in [3.63, 3.8) is 0 Å². The van der Waals surface area contributed by atoms with Crippen LogP contribution in [0, 0.1) is 0 Å². The number of aliphatic hydroxyl groups is 1. The molecule has 0 heterocycles. The first-order valence-electron chi connectivity index (χ1n) is 12.5. The third-order valence-corrected chi connectivity index (χ3v) is 5.54. The van der Waals surface area contributed by atoms with Gasteiger partial charge in [-0.05, 0) is 18.9 Å². The topological polar surface area (TPSA) is 295 Å². The van der Waals surface area contributed by atoms with Crippen molar-refractivity contribution in [3.05, 3.63) is 35.9 Å². The normalized spacial score (nSPS) is 14.0. The van der Waals surface area contributed by atoms with Gasteiger partial charge in [-0.25, -0.2) is 9.59 Å². The predicted molar refractivity (Wildman–Crippen MR) is 140 cm³/mol. The average Bonchev–Trinajstić information content (AvgIpc) is 2.91. The minimum Gasteiger partial charge on any atom is -0.481 e. The lowest BCUT2D eigenvalue weighted by atomic mass is 10.1. The van der Waals surface area contributed by atoms with Crippen LogP contribution in [-0.2, 0) is 44.9 Å². The van der Waals surface area contributed by atoms with Gasteiger partial charge in [0.25, 0.3) is 0 Å². The molecule has 0 spiro atoms. The maximum absolute atomic E-state index is 13.0. The standard InChI is InChI=1S/C25H32N4O14/c1-12(30)20(23(39)27-16(24(40)41)10-19(35)36)29-21(37)14(7-8-17(31)32)26-22(38)15(9-18(33)34)28-25(42)43-11-13-5-3-2-4-6-13/h2-6,12,14-16,20,30H,7-11H2,1H3,(H,26,38)(H,27,39)(H,28,42)(H,29,37)(H,31,32)(H,33,34)(H,35,36)(H,40,41)/t12-,14+,15+,16+,20+/m1/s1. The second-order valence-corrected chi connectivity index (χ2v) is 9.07. The molecule has 18 heteroatoms. The molecule has 1 aromatic carbocycles. The van der Waals surface area contributed by atoms with Crippen LogP contribution >= 0.6 is 0 Å². The van der Waals surface area contributed by atoms with Gasteiger partial charge in [0.2, 0.25) is 17.7 Å². The van der Waals surface area contributed by atoms with E-state index in [1.807, 2.05) is 16.0 Å². The number of benzene rings is 1. The van der Waals surface area contributed by atoms with Gasteiger partial charge in [0.05, 0.1) is 18.9 Å². The number of nitrogens with one attached hydrogen (secondary N) is 4. The maximum Gasteiger partial charge on any atom is 0.408 e. The maximum atomic E-state index is 13.0. The van der Waals surface area contributed by atoms with Crippen LogP contribution in [0.5, 0.6) is 0 Å². The molecule has 5 atom stereocenters. The van der Waals surface area contributed by atoms with Gasteiger partial charge in [0.1, 0.15) is 30.8 Å². The lowest BCUT2D eigenvalue weighted by Gasteiger charge is -2.26. The van der Waals surface area contributed by atoms with Crippen LogP contribution in [-0.4, -0.2) is 103 Å². The van der Waals surface area contributed by atoms with Crippen molar-refractivity contribution in [1.29, 1.82) is 0 Å². The monoisotopic (exact) mass is 612 g/mol. The summed E-state index contributed by atoms with van der Waals surface area (Å²) in [6.07, 6.45) is -6.20. The quantitative estimate of drug-likeness (QED) is 0.0868. The summed E-state index contributed by atoms with van der Waals surface area (Å²) in [5.74, 6) is -10.0. The fourth-order valence-corrected chi connectivity index (χ4v) is 3.40. The number of carbonyl (C=O) groups excluding carboxylic acids is 4. The number of hydrogen-bond acceptors (Lipinski definition) is 10. The van der Waals surface area contributed by atoms with Crippen LogP contribution < -0.4 is 21.3 Å². The summed E-state index contributed by atoms with van der Waals surface area (Å²) in [5, 5.41) is 54.3. The van der Waals surface area contributed by atoms with Crippen molar-refractivity contribution in [2.75, 3.05) is 0 Å². The Morgan fingerprint density at radius 1 is 0.698 bits per heavy atom. The highest BCUT2D eigenvalue weighted by Crippen LogP contribution is 2.06. The first-order chi connectivity index (χ1) is 20.1. The van der Waals surface area contributed by atoms with Crippen LogP contribution in [0.3, 0.4) is 0 Å². The largest absolute Gasteiger partial charge is 0.481 e. The van der Waals surface area contributed by atoms with Crippen LogP contribution in [0.4, 0.5) is 4.79 Å². The lowest BCUT2D eigenvalue weighted by molar-refractivity contribution is -0.148. The summed E-state index contributed by atoms with van der Waals surface area (Å²) in [6, 6.07) is 0.940. The number of aliphatic carboxylic acids is 4. The van der Waals surface area contributed by atoms with E-state index in [0.29, 0.717) is 5.56 Å². The van der Waals surface area contributed by atoms with Crippen LogP contribution in [0.15, 0.2) is 30.3 Å². The summed E-state index contributed by atoms with van der Waals surface area (Å²) in [4.78, 5) is 95.4. The van der Waals surface area contributed by atoms with Crippen molar-refractivity contribution in [2.45, 2.75) is 69.5 Å². The van der Waals surface area contributed by atoms with Gasteiger partial charge in [-0.15, -0.1) is 0 Å². The lowest BCUT2D eigenvalue weighted by Crippen LogP contribution is -2.60. The van der Waals surface area contributed by atoms with Gasteiger partial charge in [0.15, 0.2) is 0 Å². The molecule has 0 unspecified atom stereocenters. The Hall–Kier alpha value is -5.26. The number of carbonyl (C=O) groups is 8. The van der Waals surface area contributed by atoms with E-state index in [2.05, 4.69) is 5.32 Å². The molecule has 236 valence electrons. The number of carboxylic acid groups (broad SMARTS) is 4. The van der Waals surface area contributed by atoms with Crippen molar-refractivity contribution >= 4 is 47.7 Å². The van der Waals surface area contributed by atoms with E-state index < -0.39 is 104 Å². The predicted octanol–water partition coefficient (Wildman–Crippen LogP) is -1.98. The first kappa shape index (κ1) is 35.8. The van der Waals surface area contributed by atoms with Gasteiger partial charge < -0.3 is 51.5 Å². The Balaban J connectivity index is 3.06. The molecule has 0 bridgehead atoms. The van der Waals surface area contributed by atoms with E-state index in [1.54, 1.807) is 30.3 Å². The Labute approximate surface area is 243 Å². The van der Waals surface area contributed by atoms with E-state index in [-0.39, 0.29) is 6.61 Å². The minimum atomic E-state index is -1.94. The number of rotatable bonds is 18. The van der Waals surface area contributed by atoms with E-state index in [9.17, 15) is 48.6 Å². The van der Waals surface area contributed by atoms with Gasteiger partial charge in [0, 0.05) is 6.42 Å². The van der Waals surface area contributed by atoms with Crippen molar-refractivity contribution in [2.24, 2.45) is 0 Å². The van der Waals surface area contributed by atoms with Crippen LogP contribution in [0.2, 0.25) is 0 Å². The van der Waals surface area contributed by atoms with Crippen LogP contribution in [0.25, 0.3) is 0 Å². The van der Waals surface area contributed by atoms with E-state index in [1.165, 1.54) is 0 Å². The SMILES string of the molecule is C[C@@H](O)[C@H](NC(=O)[C@H](CCC(=O)O)NC(=O)[C@H](CC(=O)O)NC(=O)OCc1ccccc1)C(=O)N[C@@H](CC(=O)O)C(=O)O. The molecule has 9 N–H and O–H groups in total. The molecule has 0 aliphatic heterocycles. The highest BCUT2D eigenvalue weighted by atomic mass is 16.5. The highest BCUT2D eigenvalue weighted by molar-refractivity contribution is 5.96. The van der Waals surface area contributed by atoms with Gasteiger partial charge in [-0.3, -0.25) is 28.8 Å². The summed E-state index contributed by atoms with van der Waals surface area (Å²) in [7, 11) is 0. The van der Waals surface area contributed by atoms with Crippen molar-refractivity contribution in [3.8, 4) is 0 Å². The number of carboxylic acids is 4. The minimum absolute atomic E-state index is 0.226. The first-order valence-corrected chi connectivity index (χ1v) is 12.5. The third kappa shape index (κ3) is 13.8. The highest BCUT2D eigenvalue weighted by Gasteiger charge is 2.34. The fourth-order valence-electron chi connectivity index (χ4n) is 3.40. The number of hydrogen-bond donors (Lipinski definition) is 9. The molecule has 18 nitrogen and oxygen atoms in total. The molecule has 43 heavy (non-hydrogen) atoms. The zero-order valence-corrected chi connectivity index (χ0v) is 22.7. The second-order valence-electron chi connectivity index (χ2n) is 9.07. The molecule has 0 fully saturated rings. The van der Waals surface area contributed by atoms with E-state index in [0.717, 1.165) is 6.92 Å². The number of ether oxygens (including phenoxy) is 1. The number of alkyl carbamates (subject to hydrolysis) is 1. The van der Waals surface area contributed by atoms with Gasteiger partial charge in [-0.1, -0.05) is 30.3 Å². The van der Waals surface area contributed by atoms with Gasteiger partial charge >= 0.3 is 30.0 Å². The molecular formula is C25H32N4O14. The Morgan fingerprint density at radius 2 is 1.23 bits per heavy atom. The molecular weight excluding hydrogens is 580 g/mol. The fraction of sp³-hybridized carbons (Fsp3) is 0.440. The van der Waals surface area contributed by atoms with E-state index in [4.69, 9.17) is 20.1 Å². The van der Waals surface area contributed by atoms with Crippen molar-refractivity contribution < 1.29 is 68.6 Å². The van der Waals surface area contributed by atoms with Gasteiger partial charge in [-0.2, -0.15) is 0 Å². The zero-order chi connectivity index (χ0) is 32.7. The number of aliphatic hydroxyl groups excluding tert-OH is 1. The Bertz CT molecular complexity index is 1190. The number of amides is 4. The van der Waals surface area contributed by atoms with Crippen LogP contribution in [0.1, 0.15) is 38.2 Å². The molecule has 4 amide bonds. The molecule has 0 saturated heterocycles. The van der Waals surface area contributed by atoms with E-state index >= 15 is 0 Å².